The van der Waals surface area contributed by atoms with Crippen LogP contribution in [0.25, 0.3) is 66.6 Å². The maximum Gasteiger partial charge on any atom is 0.364 e. The summed E-state index contributed by atoms with van der Waals surface area (Å²) in [5, 5.41) is 0. The number of fused-ring (bicyclic) bond motifs is 8. The van der Waals surface area contributed by atoms with Gasteiger partial charge < -0.3 is 14.7 Å². The van der Waals surface area contributed by atoms with E-state index in [1.165, 1.54) is 0 Å². The van der Waals surface area contributed by atoms with Crippen LogP contribution in [0.2, 0.25) is 0 Å². The Morgan fingerprint density at radius 1 is 0.429 bits per heavy atom. The highest BCUT2D eigenvalue weighted by Gasteiger charge is 2.28. The predicted molar refractivity (Wildman–Crippen MR) is 195 cm³/mol. The lowest BCUT2D eigenvalue weighted by atomic mass is 10.0. The van der Waals surface area contributed by atoms with Gasteiger partial charge in [-0.25, -0.2) is 9.78 Å². The molecule has 0 fully saturated rings. The summed E-state index contributed by atoms with van der Waals surface area (Å²) in [6.45, 7) is 0. The van der Waals surface area contributed by atoms with E-state index in [9.17, 15) is 4.79 Å². The fourth-order valence-corrected chi connectivity index (χ4v) is 7.01. The molecule has 0 aliphatic carbocycles. The Morgan fingerprint density at radius 3 is 1.24 bits per heavy atom. The van der Waals surface area contributed by atoms with Crippen molar-refractivity contribution < 1.29 is 9.53 Å². The summed E-state index contributed by atoms with van der Waals surface area (Å²) < 4.78 is 6.08. The molecule has 2 N–H and O–H groups in total. The lowest BCUT2D eigenvalue weighted by Crippen LogP contribution is -2.04. The number of ether oxygens (including phenoxy) is 1. The largest absolute Gasteiger partial charge is 0.402 e. The molecule has 7 aromatic rings. The molecule has 0 unspecified atom stereocenters. The van der Waals surface area contributed by atoms with Crippen LogP contribution < -0.4 is 4.74 Å². The van der Waals surface area contributed by atoms with Crippen molar-refractivity contribution in [3.63, 3.8) is 0 Å². The number of esters is 1. The van der Waals surface area contributed by atoms with Crippen molar-refractivity contribution in [3.8, 4) is 50.4 Å². The van der Waals surface area contributed by atoms with E-state index in [1.54, 1.807) is 0 Å². The monoisotopic (exact) mass is 634 g/mol. The Morgan fingerprint density at radius 2 is 0.796 bits per heavy atom. The Kier molecular flexibility index (Phi) is 6.98. The van der Waals surface area contributed by atoms with E-state index < -0.39 is 5.97 Å². The maximum atomic E-state index is 13.9. The first-order valence-electron chi connectivity index (χ1n) is 16.4. The second kappa shape index (κ2) is 11.9. The van der Waals surface area contributed by atoms with Crippen LogP contribution in [0.15, 0.2) is 146 Å². The van der Waals surface area contributed by atoms with E-state index in [1.807, 2.05) is 84.9 Å². The number of aromatic nitrogens is 4. The van der Waals surface area contributed by atoms with Crippen molar-refractivity contribution in [1.29, 1.82) is 0 Å². The van der Waals surface area contributed by atoms with Crippen LogP contribution >= 0.6 is 0 Å². The number of carbonyl (C=O) groups is 1. The summed E-state index contributed by atoms with van der Waals surface area (Å²) in [5.74, 6) is -0.254. The highest BCUT2D eigenvalue weighted by molar-refractivity contribution is 6.04. The number of rotatable bonds is 4. The van der Waals surface area contributed by atoms with Crippen LogP contribution in [0.5, 0.6) is 5.88 Å². The number of carbonyl (C=O) groups excluding carboxylic acids is 1. The molecule has 5 heterocycles. The van der Waals surface area contributed by atoms with Crippen molar-refractivity contribution in [2.75, 3.05) is 0 Å². The Bertz CT molecular complexity index is 2520. The molecule has 2 aliphatic heterocycles. The van der Waals surface area contributed by atoms with Crippen LogP contribution in [0, 0.1) is 0 Å². The molecule has 0 radical (unpaired) electrons. The van der Waals surface area contributed by atoms with Gasteiger partial charge in [-0.1, -0.05) is 121 Å². The van der Waals surface area contributed by atoms with Crippen LogP contribution in [0.4, 0.5) is 0 Å². The van der Waals surface area contributed by atoms with Gasteiger partial charge in [0.2, 0.25) is 5.88 Å². The average molecular weight is 635 g/mol. The second-order valence-corrected chi connectivity index (χ2v) is 12.2. The fourth-order valence-electron chi connectivity index (χ4n) is 7.01. The van der Waals surface area contributed by atoms with Gasteiger partial charge in [0, 0.05) is 33.2 Å². The third-order valence-corrected chi connectivity index (χ3v) is 9.19. The van der Waals surface area contributed by atoms with Gasteiger partial charge in [-0.2, -0.15) is 0 Å². The van der Waals surface area contributed by atoms with E-state index in [4.69, 9.17) is 14.7 Å². The lowest BCUT2D eigenvalue weighted by Gasteiger charge is -2.06. The third kappa shape index (κ3) is 5.11. The standard InChI is InChI=1S/C43H30N4O2/c48-43-41-39(29-17-9-3-10-18-29)35-25-23-33(45-35)37(27-13-5-1-6-14-27)31-21-22-32(44-31)38(28-15-7-2-8-16-28)34-24-26-36(46-34)40(42(47-41)49-43)30-19-11-4-12-20-30/h1-20,23-26,45-46H,21-22H2. The molecule has 0 atom stereocenters. The van der Waals surface area contributed by atoms with Crippen molar-refractivity contribution in [1.82, 2.24) is 19.9 Å². The second-order valence-electron chi connectivity index (χ2n) is 12.2. The Labute approximate surface area is 282 Å². The number of nitrogens with one attached hydrogen (secondary N) is 2. The van der Waals surface area contributed by atoms with Crippen LogP contribution in [0.1, 0.15) is 21.9 Å². The quantitative estimate of drug-likeness (QED) is 0.189. The van der Waals surface area contributed by atoms with Gasteiger partial charge in [0.15, 0.2) is 5.69 Å². The fraction of sp³-hybridized carbons (Fsp3) is 0.0465. The zero-order valence-electron chi connectivity index (χ0n) is 26.5. The highest BCUT2D eigenvalue weighted by atomic mass is 16.5. The molecule has 4 aromatic carbocycles. The maximum absolute atomic E-state index is 13.9. The van der Waals surface area contributed by atoms with Crippen molar-refractivity contribution in [3.05, 3.63) is 163 Å². The summed E-state index contributed by atoms with van der Waals surface area (Å²) in [5.41, 5.74) is 13.0. The number of hydrogen-bond acceptors (Lipinski definition) is 4. The van der Waals surface area contributed by atoms with Crippen LogP contribution in [0.3, 0.4) is 0 Å². The van der Waals surface area contributed by atoms with Crippen LogP contribution in [-0.2, 0) is 12.8 Å². The minimum absolute atomic E-state index is 0.244. The first-order chi connectivity index (χ1) is 24.2. The molecule has 2 aliphatic rings. The first-order valence-corrected chi connectivity index (χ1v) is 16.4. The normalized spacial score (nSPS) is 12.5. The van der Waals surface area contributed by atoms with E-state index >= 15 is 0 Å². The molecule has 0 saturated heterocycles. The number of aryl methyl sites for hydroxylation is 2. The molecule has 6 nitrogen and oxygen atoms in total. The van der Waals surface area contributed by atoms with Crippen molar-refractivity contribution >= 4 is 28.0 Å². The van der Waals surface area contributed by atoms with Gasteiger partial charge >= 0.3 is 5.97 Å². The van der Waals surface area contributed by atoms with Crippen molar-refractivity contribution in [2.45, 2.75) is 12.8 Å². The Balaban J connectivity index is 1.49. The summed E-state index contributed by atoms with van der Waals surface area (Å²) in [6.07, 6.45) is 1.57. The summed E-state index contributed by atoms with van der Waals surface area (Å²) in [4.78, 5) is 31.7. The van der Waals surface area contributed by atoms with E-state index in [2.05, 4.69) is 70.6 Å². The molecule has 0 saturated carbocycles. The molecular formula is C43H30N4O2. The molecule has 6 heteroatoms. The summed E-state index contributed by atoms with van der Waals surface area (Å²) >= 11 is 0. The molecule has 0 amide bonds. The average Bonchev–Trinajstić information content (AvgIpc) is 3.98. The molecule has 0 spiro atoms. The molecule has 234 valence electrons. The number of nitrogens with zero attached hydrogens (tertiary/aromatic N) is 2. The van der Waals surface area contributed by atoms with E-state index in [0.29, 0.717) is 11.1 Å². The smallest absolute Gasteiger partial charge is 0.364 e. The SMILES string of the molecule is O=C1Oc2nc1c(-c1ccccc1)c1ccc([nH]1)c(-c1ccccc1)c1nc(c(-c3ccccc3)c3ccc([nH]3)c2-c2ccccc2)CC1. The van der Waals surface area contributed by atoms with E-state index in [0.717, 1.165) is 79.7 Å². The molecule has 8 bridgehead atoms. The third-order valence-electron chi connectivity index (χ3n) is 9.19. The topological polar surface area (TPSA) is 83.7 Å². The minimum atomic E-state index is -0.502. The molecule has 9 rings (SSSR count). The van der Waals surface area contributed by atoms with E-state index in [-0.39, 0.29) is 11.6 Å². The number of benzene rings is 4. The minimum Gasteiger partial charge on any atom is -0.402 e. The highest BCUT2D eigenvalue weighted by Crippen LogP contribution is 2.39. The van der Waals surface area contributed by atoms with Gasteiger partial charge in [0.25, 0.3) is 0 Å². The number of aromatic amines is 2. The first kappa shape index (κ1) is 28.7. The lowest BCUT2D eigenvalue weighted by molar-refractivity contribution is 0.0755. The zero-order chi connectivity index (χ0) is 32.7. The van der Waals surface area contributed by atoms with Gasteiger partial charge in [-0.3, -0.25) is 4.98 Å². The number of H-pyrrole nitrogens is 2. The van der Waals surface area contributed by atoms with Gasteiger partial charge in [-0.15, -0.1) is 0 Å². The summed E-state index contributed by atoms with van der Waals surface area (Å²) in [6, 6.07) is 48.8. The van der Waals surface area contributed by atoms with Gasteiger partial charge in [-0.05, 0) is 59.4 Å². The van der Waals surface area contributed by atoms with Gasteiger partial charge in [0.1, 0.15) is 0 Å². The zero-order valence-corrected chi connectivity index (χ0v) is 26.5. The Hall–Kier alpha value is -6.53. The summed E-state index contributed by atoms with van der Waals surface area (Å²) in [7, 11) is 0. The van der Waals surface area contributed by atoms with Crippen molar-refractivity contribution in [2.24, 2.45) is 0 Å². The van der Waals surface area contributed by atoms with Gasteiger partial charge in [0.05, 0.1) is 22.5 Å². The molecule has 49 heavy (non-hydrogen) atoms. The van der Waals surface area contributed by atoms with Crippen LogP contribution in [-0.4, -0.2) is 25.9 Å². The molecular weight excluding hydrogens is 604 g/mol. The predicted octanol–water partition coefficient (Wildman–Crippen LogP) is 9.99. The molecule has 3 aromatic heterocycles. The number of hydrogen-bond donors (Lipinski definition) is 2.